The van der Waals surface area contributed by atoms with Crippen LogP contribution in [0.25, 0.3) is 0 Å². The number of carbonyl (C=O) groups is 1. The standard InChI is InChI=1S/C12H14ClFN2O.ClH/c1-15-9-4-5-16(7-9)12(17)10-6-8(13)2-3-11(10)14;/h2-3,6,9,15H,4-5,7H2,1H3;1H. The van der Waals surface area contributed by atoms with Crippen molar-refractivity contribution in [3.8, 4) is 0 Å². The Hall–Kier alpha value is -0.840. The Balaban J connectivity index is 0.00000162. The third kappa shape index (κ3) is 3.13. The molecule has 1 unspecified atom stereocenters. The van der Waals surface area contributed by atoms with E-state index in [0.717, 1.165) is 6.42 Å². The average Bonchev–Trinajstić information content (AvgIpc) is 2.80. The summed E-state index contributed by atoms with van der Waals surface area (Å²) in [5, 5.41) is 3.49. The molecule has 3 nitrogen and oxygen atoms in total. The highest BCUT2D eigenvalue weighted by Crippen LogP contribution is 2.19. The van der Waals surface area contributed by atoms with Crippen molar-refractivity contribution in [3.05, 3.63) is 34.6 Å². The second kappa shape index (κ2) is 6.36. The minimum absolute atomic E-state index is 0. The quantitative estimate of drug-likeness (QED) is 0.907. The molecule has 1 saturated heterocycles. The van der Waals surface area contributed by atoms with Crippen LogP contribution in [0.5, 0.6) is 0 Å². The van der Waals surface area contributed by atoms with E-state index in [2.05, 4.69) is 5.32 Å². The zero-order chi connectivity index (χ0) is 12.4. The molecule has 6 heteroatoms. The van der Waals surface area contributed by atoms with Gasteiger partial charge in [-0.15, -0.1) is 12.4 Å². The fourth-order valence-electron chi connectivity index (χ4n) is 2.01. The summed E-state index contributed by atoms with van der Waals surface area (Å²) < 4.78 is 13.5. The Morgan fingerprint density at radius 1 is 1.56 bits per heavy atom. The monoisotopic (exact) mass is 292 g/mol. The minimum Gasteiger partial charge on any atom is -0.337 e. The van der Waals surface area contributed by atoms with Gasteiger partial charge >= 0.3 is 0 Å². The Morgan fingerprint density at radius 3 is 2.89 bits per heavy atom. The van der Waals surface area contributed by atoms with Crippen LogP contribution in [0, 0.1) is 5.82 Å². The number of hydrogen-bond acceptors (Lipinski definition) is 2. The maximum atomic E-state index is 13.5. The van der Waals surface area contributed by atoms with E-state index in [4.69, 9.17) is 11.6 Å². The highest BCUT2D eigenvalue weighted by Gasteiger charge is 2.27. The minimum atomic E-state index is -0.521. The number of nitrogens with one attached hydrogen (secondary N) is 1. The second-order valence-corrected chi connectivity index (χ2v) is 4.59. The number of amides is 1. The molecule has 0 saturated carbocycles. The van der Waals surface area contributed by atoms with Crippen LogP contribution in [0.2, 0.25) is 5.02 Å². The van der Waals surface area contributed by atoms with E-state index in [1.807, 2.05) is 7.05 Å². The van der Waals surface area contributed by atoms with Gasteiger partial charge in [0.2, 0.25) is 0 Å². The lowest BCUT2D eigenvalue weighted by atomic mass is 10.2. The highest BCUT2D eigenvalue weighted by molar-refractivity contribution is 6.31. The average molecular weight is 293 g/mol. The van der Waals surface area contributed by atoms with Crippen molar-refractivity contribution in [1.82, 2.24) is 10.2 Å². The predicted molar refractivity (Wildman–Crippen MR) is 72.0 cm³/mol. The summed E-state index contributed by atoms with van der Waals surface area (Å²) >= 11 is 5.77. The second-order valence-electron chi connectivity index (χ2n) is 4.15. The SMILES string of the molecule is CNC1CCN(C(=O)c2cc(Cl)ccc2F)C1.Cl. The summed E-state index contributed by atoms with van der Waals surface area (Å²) in [6, 6.07) is 4.34. The van der Waals surface area contributed by atoms with Gasteiger partial charge in [0.25, 0.3) is 5.91 Å². The lowest BCUT2D eigenvalue weighted by Gasteiger charge is -2.16. The molecule has 1 fully saturated rings. The smallest absolute Gasteiger partial charge is 0.256 e. The highest BCUT2D eigenvalue weighted by atomic mass is 35.5. The van der Waals surface area contributed by atoms with Crippen LogP contribution in [0.4, 0.5) is 4.39 Å². The summed E-state index contributed by atoms with van der Waals surface area (Å²) in [5.41, 5.74) is 0.0502. The van der Waals surface area contributed by atoms with Crippen molar-refractivity contribution < 1.29 is 9.18 Å². The summed E-state index contributed by atoms with van der Waals surface area (Å²) in [6.45, 7) is 1.26. The lowest BCUT2D eigenvalue weighted by molar-refractivity contribution is 0.0785. The summed E-state index contributed by atoms with van der Waals surface area (Å²) in [7, 11) is 1.86. The topological polar surface area (TPSA) is 32.3 Å². The molecular formula is C12H15Cl2FN2O. The number of likely N-dealkylation sites (tertiary alicyclic amines) is 1. The van der Waals surface area contributed by atoms with Gasteiger partial charge in [0.1, 0.15) is 5.82 Å². The third-order valence-corrected chi connectivity index (χ3v) is 3.28. The van der Waals surface area contributed by atoms with E-state index < -0.39 is 5.82 Å². The van der Waals surface area contributed by atoms with Crippen molar-refractivity contribution in [2.75, 3.05) is 20.1 Å². The van der Waals surface area contributed by atoms with Gasteiger partial charge in [0.05, 0.1) is 5.56 Å². The number of carbonyl (C=O) groups excluding carboxylic acids is 1. The molecule has 1 amide bonds. The van der Waals surface area contributed by atoms with Crippen LogP contribution in [-0.4, -0.2) is 37.0 Å². The molecule has 0 radical (unpaired) electrons. The van der Waals surface area contributed by atoms with Crippen molar-refractivity contribution in [1.29, 1.82) is 0 Å². The Bertz CT molecular complexity index is 442. The first-order valence-corrected chi connectivity index (χ1v) is 5.91. The van der Waals surface area contributed by atoms with Crippen molar-refractivity contribution in [2.45, 2.75) is 12.5 Å². The van der Waals surface area contributed by atoms with E-state index in [1.54, 1.807) is 4.90 Å². The first-order chi connectivity index (χ1) is 8.11. The fourth-order valence-corrected chi connectivity index (χ4v) is 2.18. The molecule has 0 spiro atoms. The van der Waals surface area contributed by atoms with Crippen molar-refractivity contribution in [2.24, 2.45) is 0 Å². The Labute approximate surface area is 117 Å². The molecule has 100 valence electrons. The maximum Gasteiger partial charge on any atom is 0.256 e. The Kier molecular flexibility index (Phi) is 5.38. The van der Waals surface area contributed by atoms with Gasteiger partial charge in [0.15, 0.2) is 0 Å². The molecular weight excluding hydrogens is 278 g/mol. The molecule has 1 aliphatic rings. The number of nitrogens with zero attached hydrogens (tertiary/aromatic N) is 1. The van der Waals surface area contributed by atoms with Gasteiger partial charge in [-0.25, -0.2) is 4.39 Å². The molecule has 1 heterocycles. The van der Waals surface area contributed by atoms with E-state index in [1.165, 1.54) is 18.2 Å². The number of likely N-dealkylation sites (N-methyl/N-ethyl adjacent to an activating group) is 1. The molecule has 0 aliphatic carbocycles. The van der Waals surface area contributed by atoms with E-state index in [0.29, 0.717) is 24.2 Å². The first kappa shape index (κ1) is 15.2. The van der Waals surface area contributed by atoms with Crippen molar-refractivity contribution in [3.63, 3.8) is 0 Å². The zero-order valence-electron chi connectivity index (χ0n) is 9.95. The van der Waals surface area contributed by atoms with Gasteiger partial charge in [-0.05, 0) is 31.7 Å². The third-order valence-electron chi connectivity index (χ3n) is 3.04. The molecule has 2 rings (SSSR count). The van der Waals surface area contributed by atoms with Crippen molar-refractivity contribution >= 4 is 29.9 Å². The van der Waals surface area contributed by atoms with Crippen LogP contribution >= 0.6 is 24.0 Å². The molecule has 0 aromatic heterocycles. The van der Waals surface area contributed by atoms with Gasteiger partial charge in [-0.1, -0.05) is 11.6 Å². The lowest BCUT2D eigenvalue weighted by Crippen LogP contribution is -2.33. The Morgan fingerprint density at radius 2 is 2.28 bits per heavy atom. The molecule has 1 N–H and O–H groups in total. The fraction of sp³-hybridized carbons (Fsp3) is 0.417. The number of halogens is 3. The van der Waals surface area contributed by atoms with Crippen LogP contribution < -0.4 is 5.32 Å². The summed E-state index contributed by atoms with van der Waals surface area (Å²) in [6.07, 6.45) is 0.893. The van der Waals surface area contributed by atoms with Crippen LogP contribution in [0.3, 0.4) is 0 Å². The largest absolute Gasteiger partial charge is 0.337 e. The van der Waals surface area contributed by atoms with Gasteiger partial charge < -0.3 is 10.2 Å². The molecule has 0 bridgehead atoms. The summed E-state index contributed by atoms with van der Waals surface area (Å²) in [5.74, 6) is -0.810. The summed E-state index contributed by atoms with van der Waals surface area (Å²) in [4.78, 5) is 13.7. The van der Waals surface area contributed by atoms with E-state index >= 15 is 0 Å². The number of benzene rings is 1. The van der Waals surface area contributed by atoms with Crippen LogP contribution in [0.1, 0.15) is 16.8 Å². The van der Waals surface area contributed by atoms with E-state index in [-0.39, 0.29) is 23.9 Å². The molecule has 1 aliphatic heterocycles. The molecule has 1 aromatic rings. The molecule has 1 atom stereocenters. The van der Waals surface area contributed by atoms with E-state index in [9.17, 15) is 9.18 Å². The van der Waals surface area contributed by atoms with Gasteiger partial charge in [0, 0.05) is 24.2 Å². The number of rotatable bonds is 2. The van der Waals surface area contributed by atoms with Crippen LogP contribution in [-0.2, 0) is 0 Å². The maximum absolute atomic E-state index is 13.5. The predicted octanol–water partition coefficient (Wildman–Crippen LogP) is 2.33. The molecule has 1 aromatic carbocycles. The van der Waals surface area contributed by atoms with Gasteiger partial charge in [-0.2, -0.15) is 0 Å². The normalized spacial score (nSPS) is 18.6. The first-order valence-electron chi connectivity index (χ1n) is 5.53. The molecule has 18 heavy (non-hydrogen) atoms. The number of hydrogen-bond donors (Lipinski definition) is 1. The zero-order valence-corrected chi connectivity index (χ0v) is 11.5. The van der Waals surface area contributed by atoms with Gasteiger partial charge in [-0.3, -0.25) is 4.79 Å². The van der Waals surface area contributed by atoms with Crippen LogP contribution in [0.15, 0.2) is 18.2 Å².